The van der Waals surface area contributed by atoms with E-state index in [0.29, 0.717) is 0 Å². The van der Waals surface area contributed by atoms with Crippen molar-refractivity contribution in [3.8, 4) is 21.6 Å². The van der Waals surface area contributed by atoms with Crippen molar-refractivity contribution in [1.82, 2.24) is 0 Å². The normalized spacial score (nSPS) is 14.9. The number of nitrogens with zero attached hydrogens (tertiary/aromatic N) is 2. The van der Waals surface area contributed by atoms with E-state index in [1.807, 2.05) is 81.6 Å². The SMILES string of the molecule is O=S(=O)(O)C=CCN1C(=Cc2sc3ccc(-c4ccccc4)cc3[n+]2CC=CS(=O)(=O)O)Sc2ccc(-c3cccs3)cc21. The maximum absolute atomic E-state index is 11.5. The van der Waals surface area contributed by atoms with E-state index in [2.05, 4.69) is 18.2 Å². The Balaban J connectivity index is 1.46. The summed E-state index contributed by atoms with van der Waals surface area (Å²) in [6, 6.07) is 26.2. The molecule has 0 saturated carbocycles. The molecule has 0 amide bonds. The topological polar surface area (TPSA) is 116 Å². The van der Waals surface area contributed by atoms with Crippen molar-refractivity contribution >= 4 is 76.7 Å². The highest BCUT2D eigenvalue weighted by Crippen LogP contribution is 2.48. The zero-order chi connectivity index (χ0) is 30.9. The molecule has 3 aromatic carbocycles. The Morgan fingerprint density at radius 3 is 2.27 bits per heavy atom. The van der Waals surface area contributed by atoms with E-state index in [4.69, 9.17) is 0 Å². The zero-order valence-electron chi connectivity index (χ0n) is 22.8. The van der Waals surface area contributed by atoms with E-state index in [1.54, 1.807) is 11.3 Å². The number of hydrogen-bond donors (Lipinski definition) is 2. The highest BCUT2D eigenvalue weighted by Gasteiger charge is 2.28. The smallest absolute Gasteiger partial charge is 0.287 e. The van der Waals surface area contributed by atoms with Crippen molar-refractivity contribution in [2.24, 2.45) is 0 Å². The van der Waals surface area contributed by atoms with Gasteiger partial charge in [-0.15, -0.1) is 11.3 Å². The molecule has 0 aliphatic carbocycles. The van der Waals surface area contributed by atoms with Crippen LogP contribution in [0.2, 0.25) is 0 Å². The van der Waals surface area contributed by atoms with Gasteiger partial charge in [-0.2, -0.15) is 21.4 Å². The molecule has 1 aliphatic heterocycles. The fraction of sp³-hybridized carbons (Fsp3) is 0.0645. The molecular weight excluding hydrogens is 657 g/mol. The van der Waals surface area contributed by atoms with Crippen LogP contribution in [-0.2, 0) is 26.8 Å². The summed E-state index contributed by atoms with van der Waals surface area (Å²) in [5, 5.41) is 5.21. The van der Waals surface area contributed by atoms with Gasteiger partial charge < -0.3 is 4.90 Å². The van der Waals surface area contributed by atoms with E-state index < -0.39 is 20.2 Å². The van der Waals surface area contributed by atoms with Crippen LogP contribution in [-0.4, -0.2) is 32.5 Å². The molecule has 13 heteroatoms. The predicted octanol–water partition coefficient (Wildman–Crippen LogP) is 7.30. The van der Waals surface area contributed by atoms with Gasteiger partial charge in [0.1, 0.15) is 4.70 Å². The van der Waals surface area contributed by atoms with E-state index in [9.17, 15) is 25.9 Å². The molecule has 0 radical (unpaired) electrons. The first-order valence-corrected chi connectivity index (χ1v) is 18.7. The quantitative estimate of drug-likeness (QED) is 0.123. The van der Waals surface area contributed by atoms with Gasteiger partial charge in [0.05, 0.1) is 27.6 Å². The van der Waals surface area contributed by atoms with Gasteiger partial charge in [-0.1, -0.05) is 77.7 Å². The first-order valence-electron chi connectivity index (χ1n) is 13.2. The first-order chi connectivity index (χ1) is 21.0. The molecule has 0 unspecified atom stereocenters. The summed E-state index contributed by atoms with van der Waals surface area (Å²) in [5.74, 6) is 0. The minimum atomic E-state index is -4.30. The molecule has 44 heavy (non-hydrogen) atoms. The fourth-order valence-corrected chi connectivity index (χ4v) is 8.48. The van der Waals surface area contributed by atoms with Crippen LogP contribution in [0.4, 0.5) is 5.69 Å². The molecule has 2 N–H and O–H groups in total. The molecule has 0 fully saturated rings. The molecule has 5 aromatic rings. The van der Waals surface area contributed by atoms with Crippen molar-refractivity contribution in [3.63, 3.8) is 0 Å². The van der Waals surface area contributed by atoms with Crippen LogP contribution in [0.15, 0.2) is 117 Å². The number of aromatic nitrogens is 1. The average molecular weight is 682 g/mol. The molecule has 3 heterocycles. The van der Waals surface area contributed by atoms with Gasteiger partial charge in [0.25, 0.3) is 25.2 Å². The number of allylic oxidation sites excluding steroid dienone is 1. The van der Waals surface area contributed by atoms with Gasteiger partial charge in [0, 0.05) is 22.4 Å². The molecule has 0 bridgehead atoms. The number of thioether (sulfide) groups is 1. The van der Waals surface area contributed by atoms with Crippen molar-refractivity contribution in [2.45, 2.75) is 11.4 Å². The van der Waals surface area contributed by atoms with Gasteiger partial charge in [-0.05, 0) is 52.4 Å². The van der Waals surface area contributed by atoms with Crippen LogP contribution in [0.25, 0.3) is 37.9 Å². The number of fused-ring (bicyclic) bond motifs is 2. The molecule has 0 spiro atoms. The molecular formula is C31H25N2O6S5+. The number of anilines is 1. The van der Waals surface area contributed by atoms with Gasteiger partial charge >= 0.3 is 0 Å². The summed E-state index contributed by atoms with van der Waals surface area (Å²) in [4.78, 5) is 4.07. The second kappa shape index (κ2) is 12.4. The maximum Gasteiger partial charge on any atom is 0.287 e. The number of thiazole rings is 1. The second-order valence-electron chi connectivity index (χ2n) is 9.73. The van der Waals surface area contributed by atoms with Gasteiger partial charge in [-0.25, -0.2) is 0 Å². The Morgan fingerprint density at radius 1 is 0.795 bits per heavy atom. The van der Waals surface area contributed by atoms with E-state index in [-0.39, 0.29) is 13.1 Å². The van der Waals surface area contributed by atoms with E-state index in [0.717, 1.165) is 63.2 Å². The standard InChI is InChI=1S/C31H24N2O6S5/c34-43(35,36)17-5-14-32-25-19-23(22-7-2-1-3-8-22)10-12-28(25)41-30(32)21-31-33(15-6-18-44(37,38)39)26-20-24(11-13-29(26)42-31)27-9-4-16-40-27/h1-13,16-21H,14-15H2,(H-,34,35,36,37,38,39)/p+1. The van der Waals surface area contributed by atoms with Crippen LogP contribution >= 0.6 is 34.4 Å². The second-order valence-corrected chi connectivity index (χ2v) is 15.4. The van der Waals surface area contributed by atoms with Crippen molar-refractivity contribution in [3.05, 3.63) is 117 Å². The number of hydrogen-bond acceptors (Lipinski definition) is 8. The lowest BCUT2D eigenvalue weighted by molar-refractivity contribution is -0.658. The monoisotopic (exact) mass is 681 g/mol. The van der Waals surface area contributed by atoms with Crippen LogP contribution < -0.4 is 9.47 Å². The third-order valence-electron chi connectivity index (χ3n) is 6.73. The lowest BCUT2D eigenvalue weighted by Crippen LogP contribution is -2.34. The Kier molecular flexibility index (Phi) is 8.61. The molecule has 2 aromatic heterocycles. The fourth-order valence-electron chi connectivity index (χ4n) is 4.85. The molecule has 1 aliphatic rings. The third-order valence-corrected chi connectivity index (χ3v) is 10.9. The summed E-state index contributed by atoms with van der Waals surface area (Å²) in [6.45, 7) is 0.366. The minimum Gasteiger partial charge on any atom is -0.331 e. The Hall–Kier alpha value is -3.56. The Morgan fingerprint density at radius 2 is 1.55 bits per heavy atom. The summed E-state index contributed by atoms with van der Waals surface area (Å²) in [6.07, 6.45) is 4.79. The Labute approximate surface area is 267 Å². The number of benzene rings is 3. The van der Waals surface area contributed by atoms with Gasteiger partial charge in [-0.3, -0.25) is 9.11 Å². The summed E-state index contributed by atoms with van der Waals surface area (Å²) in [7, 11) is -8.60. The zero-order valence-corrected chi connectivity index (χ0v) is 26.9. The highest BCUT2D eigenvalue weighted by molar-refractivity contribution is 8.04. The van der Waals surface area contributed by atoms with Gasteiger partial charge in [0.2, 0.25) is 5.52 Å². The van der Waals surface area contributed by atoms with Crippen molar-refractivity contribution < 1.29 is 30.5 Å². The van der Waals surface area contributed by atoms with Crippen LogP contribution in [0.3, 0.4) is 0 Å². The molecule has 8 nitrogen and oxygen atoms in total. The summed E-state index contributed by atoms with van der Waals surface area (Å²) in [5.41, 5.74) is 4.87. The van der Waals surface area contributed by atoms with Crippen LogP contribution in [0, 0.1) is 0 Å². The average Bonchev–Trinajstić information content (AvgIpc) is 3.71. The van der Waals surface area contributed by atoms with E-state index in [1.165, 1.54) is 35.3 Å². The first kappa shape index (κ1) is 30.5. The molecule has 224 valence electrons. The van der Waals surface area contributed by atoms with Crippen molar-refractivity contribution in [2.75, 3.05) is 11.4 Å². The molecule has 0 saturated heterocycles. The summed E-state index contributed by atoms with van der Waals surface area (Å²) >= 11 is 4.69. The summed E-state index contributed by atoms with van der Waals surface area (Å²) < 4.78 is 67.4. The predicted molar refractivity (Wildman–Crippen MR) is 180 cm³/mol. The largest absolute Gasteiger partial charge is 0.331 e. The third kappa shape index (κ3) is 7.05. The molecule has 6 rings (SSSR count). The maximum atomic E-state index is 11.5. The van der Waals surface area contributed by atoms with Gasteiger partial charge in [0.15, 0.2) is 6.54 Å². The van der Waals surface area contributed by atoms with Crippen LogP contribution in [0.5, 0.6) is 0 Å². The highest BCUT2D eigenvalue weighted by atomic mass is 32.2. The lowest BCUT2D eigenvalue weighted by Gasteiger charge is -2.18. The minimum absolute atomic E-state index is 0.181. The molecule has 0 atom stereocenters. The van der Waals surface area contributed by atoms with E-state index >= 15 is 0 Å². The lowest BCUT2D eigenvalue weighted by atomic mass is 10.1. The van der Waals surface area contributed by atoms with Crippen LogP contribution in [0.1, 0.15) is 5.01 Å². The Bertz CT molecular complexity index is 2150. The number of thiophene rings is 1. The van der Waals surface area contributed by atoms with Crippen molar-refractivity contribution in [1.29, 1.82) is 0 Å². The number of rotatable bonds is 9.